The van der Waals surface area contributed by atoms with Crippen molar-refractivity contribution in [1.29, 1.82) is 0 Å². The fraction of sp³-hybridized carbons (Fsp3) is 0.476. The van der Waals surface area contributed by atoms with Gasteiger partial charge in [0.05, 0.1) is 0 Å². The third-order valence-electron chi connectivity index (χ3n) is 6.10. The second-order valence-corrected chi connectivity index (χ2v) is 7.83. The van der Waals surface area contributed by atoms with Crippen LogP contribution in [0.4, 0.5) is 0 Å². The van der Waals surface area contributed by atoms with Gasteiger partial charge in [-0.15, -0.1) is 0 Å². The highest BCUT2D eigenvalue weighted by molar-refractivity contribution is 6.30. The van der Waals surface area contributed by atoms with Crippen LogP contribution in [-0.4, -0.2) is 11.0 Å². The summed E-state index contributed by atoms with van der Waals surface area (Å²) in [5.74, 6) is 2.31. The molecule has 2 aliphatic carbocycles. The lowest BCUT2D eigenvalue weighted by atomic mass is 9.53. The molecule has 2 nitrogen and oxygen atoms in total. The van der Waals surface area contributed by atoms with E-state index in [1.165, 1.54) is 42.4 Å². The van der Waals surface area contributed by atoms with E-state index in [0.717, 1.165) is 23.4 Å². The predicted molar refractivity (Wildman–Crippen MR) is 99.2 cm³/mol. The average molecular weight is 341 g/mol. The summed E-state index contributed by atoms with van der Waals surface area (Å²) in [5, 5.41) is 4.71. The van der Waals surface area contributed by atoms with Gasteiger partial charge >= 0.3 is 0 Å². The van der Waals surface area contributed by atoms with Gasteiger partial charge in [0.15, 0.2) is 0 Å². The lowest BCUT2D eigenvalue weighted by Gasteiger charge is -2.55. The predicted octanol–water partition coefficient (Wildman–Crippen LogP) is 5.11. The third kappa shape index (κ3) is 2.98. The van der Waals surface area contributed by atoms with Crippen LogP contribution < -0.4 is 5.32 Å². The molecule has 4 rings (SSSR count). The molecule has 2 aliphatic rings. The van der Waals surface area contributed by atoms with Gasteiger partial charge in [-0.25, -0.2) is 0 Å². The maximum atomic E-state index is 6.09. The molecule has 2 saturated carbocycles. The van der Waals surface area contributed by atoms with E-state index in [0.29, 0.717) is 12.0 Å². The van der Waals surface area contributed by atoms with Crippen molar-refractivity contribution in [2.45, 2.75) is 51.1 Å². The largest absolute Gasteiger partial charge is 0.309 e. The Kier molecular flexibility index (Phi) is 4.60. The molecule has 24 heavy (non-hydrogen) atoms. The highest BCUT2D eigenvalue weighted by Gasteiger charge is 2.50. The molecule has 0 amide bonds. The number of fused-ring (bicyclic) bond motifs is 1. The Hall–Kier alpha value is -1.38. The number of halogens is 1. The topological polar surface area (TPSA) is 24.9 Å². The first-order chi connectivity index (χ1) is 11.7. The average Bonchev–Trinajstić information content (AvgIpc) is 2.59. The van der Waals surface area contributed by atoms with Crippen molar-refractivity contribution < 1.29 is 0 Å². The van der Waals surface area contributed by atoms with Crippen molar-refractivity contribution in [3.05, 3.63) is 64.4 Å². The Bertz CT molecular complexity index is 697. The molecule has 4 atom stereocenters. The minimum Gasteiger partial charge on any atom is -0.309 e. The van der Waals surface area contributed by atoms with Gasteiger partial charge in [0.25, 0.3) is 0 Å². The number of nitrogens with zero attached hydrogens (tertiary/aromatic N) is 1. The quantitative estimate of drug-likeness (QED) is 0.837. The first-order valence-corrected chi connectivity index (χ1v) is 9.50. The molecule has 0 aliphatic heterocycles. The van der Waals surface area contributed by atoms with E-state index in [-0.39, 0.29) is 0 Å². The lowest BCUT2D eigenvalue weighted by molar-refractivity contribution is 0.0254. The Morgan fingerprint density at radius 2 is 1.83 bits per heavy atom. The molecular weight excluding hydrogens is 316 g/mol. The summed E-state index contributed by atoms with van der Waals surface area (Å²) in [7, 11) is 0. The van der Waals surface area contributed by atoms with Crippen LogP contribution in [0.15, 0.2) is 42.7 Å². The van der Waals surface area contributed by atoms with Crippen LogP contribution >= 0.6 is 11.6 Å². The fourth-order valence-corrected chi connectivity index (χ4v) is 4.94. The van der Waals surface area contributed by atoms with E-state index in [2.05, 4.69) is 35.4 Å². The number of hydrogen-bond acceptors (Lipinski definition) is 2. The van der Waals surface area contributed by atoms with E-state index in [9.17, 15) is 0 Å². The van der Waals surface area contributed by atoms with E-state index >= 15 is 0 Å². The second-order valence-electron chi connectivity index (χ2n) is 7.40. The molecule has 2 fully saturated rings. The minimum absolute atomic E-state index is 0.587. The molecule has 0 bridgehead atoms. The van der Waals surface area contributed by atoms with Crippen molar-refractivity contribution in [1.82, 2.24) is 10.3 Å². The molecule has 2 unspecified atom stereocenters. The fourth-order valence-electron chi connectivity index (χ4n) is 4.81. The number of hydrogen-bond donors (Lipinski definition) is 1. The van der Waals surface area contributed by atoms with Gasteiger partial charge < -0.3 is 5.32 Å². The molecule has 3 heteroatoms. The zero-order chi connectivity index (χ0) is 16.5. The van der Waals surface area contributed by atoms with E-state index < -0.39 is 0 Å². The van der Waals surface area contributed by atoms with Gasteiger partial charge in [0.2, 0.25) is 0 Å². The minimum atomic E-state index is 0.587. The van der Waals surface area contributed by atoms with Crippen LogP contribution in [0.5, 0.6) is 0 Å². The molecule has 1 N–H and O–H groups in total. The number of pyridine rings is 1. The molecule has 2 aromatic rings. The van der Waals surface area contributed by atoms with Gasteiger partial charge in [0.1, 0.15) is 0 Å². The molecule has 0 saturated heterocycles. The van der Waals surface area contributed by atoms with Gasteiger partial charge in [-0.3, -0.25) is 4.98 Å². The normalized spacial score (nSPS) is 28.9. The van der Waals surface area contributed by atoms with Crippen molar-refractivity contribution >= 4 is 11.6 Å². The Morgan fingerprint density at radius 1 is 1.08 bits per heavy atom. The van der Waals surface area contributed by atoms with Gasteiger partial charge in [-0.1, -0.05) is 36.6 Å². The molecule has 0 spiro atoms. The highest BCUT2D eigenvalue weighted by atomic mass is 35.5. The number of aryl methyl sites for hydroxylation is 1. The van der Waals surface area contributed by atoms with Crippen LogP contribution in [0.25, 0.3) is 0 Å². The maximum absolute atomic E-state index is 6.09. The molecule has 1 aromatic heterocycles. The van der Waals surface area contributed by atoms with Gasteiger partial charge in [-0.2, -0.15) is 0 Å². The molecule has 1 aromatic carbocycles. The van der Waals surface area contributed by atoms with Gasteiger partial charge in [0, 0.05) is 35.9 Å². The van der Waals surface area contributed by atoms with Gasteiger partial charge in [-0.05, 0) is 66.5 Å². The smallest absolute Gasteiger partial charge is 0.0406 e. The van der Waals surface area contributed by atoms with E-state index in [4.69, 9.17) is 11.6 Å². The maximum Gasteiger partial charge on any atom is 0.0406 e. The van der Waals surface area contributed by atoms with Crippen LogP contribution in [0.2, 0.25) is 5.02 Å². The second kappa shape index (κ2) is 6.85. The number of nitrogens with one attached hydrogen (secondary N) is 1. The van der Waals surface area contributed by atoms with Crippen molar-refractivity contribution in [3.63, 3.8) is 0 Å². The summed E-state index contributed by atoms with van der Waals surface area (Å²) in [6, 6.07) is 11.3. The molecule has 0 radical (unpaired) electrons. The summed E-state index contributed by atoms with van der Waals surface area (Å²) in [6.07, 6.45) is 9.39. The summed E-state index contributed by atoms with van der Waals surface area (Å²) in [6.45, 7) is 3.08. The summed E-state index contributed by atoms with van der Waals surface area (Å²) < 4.78 is 0. The standard InChI is InChI=1S/C21H25ClN2/c1-14-12-23-11-10-16(14)13-24-21-19-5-3-2-4-18(19)20(21)15-6-8-17(22)9-7-15/h6-12,18-21,24H,2-5,13H2,1H3/t18?,19?,20-,21-/m1/s1. The molecule has 1 heterocycles. The zero-order valence-corrected chi connectivity index (χ0v) is 15.0. The third-order valence-corrected chi connectivity index (χ3v) is 6.36. The highest BCUT2D eigenvalue weighted by Crippen LogP contribution is 2.54. The van der Waals surface area contributed by atoms with Crippen LogP contribution in [0.1, 0.15) is 48.3 Å². The Labute approximate surface area is 149 Å². The molecule has 126 valence electrons. The summed E-state index contributed by atoms with van der Waals surface area (Å²) >= 11 is 6.09. The molecular formula is C21H25ClN2. The number of aromatic nitrogens is 1. The monoisotopic (exact) mass is 340 g/mol. The van der Waals surface area contributed by atoms with E-state index in [1.54, 1.807) is 0 Å². The Balaban J connectivity index is 1.52. The summed E-state index contributed by atoms with van der Waals surface area (Å²) in [5.41, 5.74) is 4.08. The van der Waals surface area contributed by atoms with Crippen LogP contribution in [0, 0.1) is 18.8 Å². The Morgan fingerprint density at radius 3 is 2.58 bits per heavy atom. The number of rotatable bonds is 4. The van der Waals surface area contributed by atoms with Crippen molar-refractivity contribution in [2.75, 3.05) is 0 Å². The first-order valence-electron chi connectivity index (χ1n) is 9.12. The van der Waals surface area contributed by atoms with Crippen molar-refractivity contribution in [2.24, 2.45) is 11.8 Å². The van der Waals surface area contributed by atoms with Crippen LogP contribution in [0.3, 0.4) is 0 Å². The SMILES string of the molecule is Cc1cnccc1CN[C@@H]1C2CCCCC2[C@H]1c1ccc(Cl)cc1. The number of benzene rings is 1. The lowest BCUT2D eigenvalue weighted by Crippen LogP contribution is -2.57. The van der Waals surface area contributed by atoms with E-state index in [1.807, 2.05) is 24.5 Å². The van der Waals surface area contributed by atoms with Crippen molar-refractivity contribution in [3.8, 4) is 0 Å². The summed E-state index contributed by atoms with van der Waals surface area (Å²) in [4.78, 5) is 4.20. The van der Waals surface area contributed by atoms with Crippen LogP contribution in [-0.2, 0) is 6.54 Å². The zero-order valence-electron chi connectivity index (χ0n) is 14.2. The first kappa shape index (κ1) is 16.1.